The normalized spacial score (nSPS) is 10.9. The largest absolute Gasteiger partial charge is 0.370 e. The molecule has 0 aliphatic heterocycles. The minimum absolute atomic E-state index is 0. The number of nitrogens with one attached hydrogen (secondary N) is 1. The van der Waals surface area contributed by atoms with Crippen molar-refractivity contribution in [2.75, 3.05) is 6.54 Å². The molecule has 96 valence electrons. The van der Waals surface area contributed by atoms with Gasteiger partial charge < -0.3 is 11.1 Å². The van der Waals surface area contributed by atoms with Crippen LogP contribution in [0.5, 0.6) is 0 Å². The highest BCUT2D eigenvalue weighted by molar-refractivity contribution is 14.0. The highest BCUT2D eigenvalue weighted by Gasteiger charge is 2.08. The van der Waals surface area contributed by atoms with E-state index in [1.807, 2.05) is 25.6 Å². The number of aryl methyl sites for hydroxylation is 2. The molecule has 17 heavy (non-hydrogen) atoms. The SMILES string of the molecule is C=CCNC(N)=NCc1c(C)nn(C)c1C.I. The molecule has 0 amide bonds. The Morgan fingerprint density at radius 3 is 2.71 bits per heavy atom. The molecule has 0 unspecified atom stereocenters. The van der Waals surface area contributed by atoms with Crippen LogP contribution in [0, 0.1) is 13.8 Å². The van der Waals surface area contributed by atoms with Gasteiger partial charge in [0.15, 0.2) is 5.96 Å². The van der Waals surface area contributed by atoms with Crippen LogP contribution >= 0.6 is 24.0 Å². The van der Waals surface area contributed by atoms with Gasteiger partial charge in [-0.3, -0.25) is 4.68 Å². The molecule has 1 aromatic heterocycles. The molecule has 6 heteroatoms. The van der Waals surface area contributed by atoms with Crippen molar-refractivity contribution in [3.8, 4) is 0 Å². The average Bonchev–Trinajstić information content (AvgIpc) is 2.48. The van der Waals surface area contributed by atoms with Gasteiger partial charge >= 0.3 is 0 Å². The molecule has 0 saturated heterocycles. The van der Waals surface area contributed by atoms with Gasteiger partial charge in [-0.15, -0.1) is 30.6 Å². The molecule has 0 radical (unpaired) electrons. The Bertz CT molecular complexity index is 408. The van der Waals surface area contributed by atoms with Crippen molar-refractivity contribution in [3.63, 3.8) is 0 Å². The number of hydrogen-bond acceptors (Lipinski definition) is 2. The maximum absolute atomic E-state index is 5.68. The molecule has 1 heterocycles. The van der Waals surface area contributed by atoms with E-state index in [4.69, 9.17) is 5.73 Å². The van der Waals surface area contributed by atoms with E-state index < -0.39 is 0 Å². The summed E-state index contributed by atoms with van der Waals surface area (Å²) in [5.41, 5.74) is 8.93. The first-order valence-corrected chi connectivity index (χ1v) is 5.20. The fourth-order valence-corrected chi connectivity index (χ4v) is 1.44. The summed E-state index contributed by atoms with van der Waals surface area (Å²) in [5, 5.41) is 7.25. The van der Waals surface area contributed by atoms with Crippen molar-refractivity contribution in [2.45, 2.75) is 20.4 Å². The summed E-state index contributed by atoms with van der Waals surface area (Å²) in [6, 6.07) is 0. The van der Waals surface area contributed by atoms with Gasteiger partial charge in [0.05, 0.1) is 12.2 Å². The Hall–Kier alpha value is -1.05. The predicted molar refractivity (Wildman–Crippen MR) is 81.6 cm³/mol. The molecule has 0 bridgehead atoms. The number of halogens is 1. The lowest BCUT2D eigenvalue weighted by Gasteiger charge is -2.02. The maximum Gasteiger partial charge on any atom is 0.189 e. The summed E-state index contributed by atoms with van der Waals surface area (Å²) in [6.07, 6.45) is 1.74. The summed E-state index contributed by atoms with van der Waals surface area (Å²) >= 11 is 0. The fraction of sp³-hybridized carbons (Fsp3) is 0.455. The Labute approximate surface area is 119 Å². The van der Waals surface area contributed by atoms with E-state index in [1.165, 1.54) is 0 Å². The topological polar surface area (TPSA) is 68.2 Å². The van der Waals surface area contributed by atoms with E-state index in [9.17, 15) is 0 Å². The molecule has 0 fully saturated rings. The van der Waals surface area contributed by atoms with Crippen LogP contribution in [0.4, 0.5) is 0 Å². The number of aliphatic imine (C=N–C) groups is 1. The van der Waals surface area contributed by atoms with E-state index in [0.717, 1.165) is 17.0 Å². The van der Waals surface area contributed by atoms with E-state index in [2.05, 4.69) is 22.0 Å². The van der Waals surface area contributed by atoms with Gasteiger partial charge in [-0.25, -0.2) is 4.99 Å². The molecule has 0 atom stereocenters. The van der Waals surface area contributed by atoms with E-state index in [-0.39, 0.29) is 24.0 Å². The van der Waals surface area contributed by atoms with Crippen LogP contribution in [0.15, 0.2) is 17.6 Å². The molecular weight excluding hydrogens is 329 g/mol. The first-order valence-electron chi connectivity index (χ1n) is 5.20. The molecule has 0 saturated carbocycles. The summed E-state index contributed by atoms with van der Waals surface area (Å²) < 4.78 is 1.85. The minimum Gasteiger partial charge on any atom is -0.370 e. The highest BCUT2D eigenvalue weighted by atomic mass is 127. The second-order valence-corrected chi connectivity index (χ2v) is 3.64. The van der Waals surface area contributed by atoms with Crippen LogP contribution in [0.1, 0.15) is 17.0 Å². The number of aromatic nitrogens is 2. The van der Waals surface area contributed by atoms with Crippen molar-refractivity contribution < 1.29 is 0 Å². The predicted octanol–water partition coefficient (Wildman–Crippen LogP) is 1.25. The van der Waals surface area contributed by atoms with Gasteiger partial charge in [-0.2, -0.15) is 5.10 Å². The van der Waals surface area contributed by atoms with Crippen molar-refractivity contribution >= 4 is 29.9 Å². The third-order valence-corrected chi connectivity index (χ3v) is 2.49. The lowest BCUT2D eigenvalue weighted by atomic mass is 10.2. The maximum atomic E-state index is 5.68. The van der Waals surface area contributed by atoms with Crippen LogP contribution in [0.3, 0.4) is 0 Å². The first kappa shape index (κ1) is 16.0. The van der Waals surface area contributed by atoms with Gasteiger partial charge in [-0.05, 0) is 13.8 Å². The molecular formula is C11H20IN5. The summed E-state index contributed by atoms with van der Waals surface area (Å²) in [5.74, 6) is 0.433. The lowest BCUT2D eigenvalue weighted by molar-refractivity contribution is 0.730. The van der Waals surface area contributed by atoms with E-state index in [1.54, 1.807) is 6.08 Å². The number of rotatable bonds is 4. The summed E-state index contributed by atoms with van der Waals surface area (Å²) in [6.45, 7) is 8.78. The molecule has 3 N–H and O–H groups in total. The standard InChI is InChI=1S/C11H19N5.HI/c1-5-6-13-11(12)14-7-10-8(2)15-16(4)9(10)3;/h5H,1,6-7H2,2-4H3,(H3,12,13,14);1H. The first-order chi connectivity index (χ1) is 7.56. The number of hydrogen-bond donors (Lipinski definition) is 2. The second kappa shape index (κ2) is 7.31. The number of nitrogens with zero attached hydrogens (tertiary/aromatic N) is 3. The third-order valence-electron chi connectivity index (χ3n) is 2.49. The Balaban J connectivity index is 0.00000256. The number of nitrogens with two attached hydrogens (primary N) is 1. The molecule has 1 aromatic rings. The molecule has 0 aliphatic rings. The summed E-state index contributed by atoms with van der Waals surface area (Å²) in [4.78, 5) is 4.25. The van der Waals surface area contributed by atoms with Crippen LogP contribution in [-0.2, 0) is 13.6 Å². The zero-order valence-electron chi connectivity index (χ0n) is 10.5. The second-order valence-electron chi connectivity index (χ2n) is 3.64. The Morgan fingerprint density at radius 2 is 2.24 bits per heavy atom. The molecule has 0 spiro atoms. The Morgan fingerprint density at radius 1 is 1.59 bits per heavy atom. The summed E-state index contributed by atoms with van der Waals surface area (Å²) in [7, 11) is 1.93. The quantitative estimate of drug-likeness (QED) is 0.372. The Kier molecular flexibility index (Phi) is 6.86. The highest BCUT2D eigenvalue weighted by Crippen LogP contribution is 2.12. The van der Waals surface area contributed by atoms with Gasteiger partial charge in [0, 0.05) is 24.8 Å². The van der Waals surface area contributed by atoms with Crippen molar-refractivity contribution in [2.24, 2.45) is 17.8 Å². The fourth-order valence-electron chi connectivity index (χ4n) is 1.44. The van der Waals surface area contributed by atoms with Crippen molar-refractivity contribution in [3.05, 3.63) is 29.6 Å². The number of guanidine groups is 1. The van der Waals surface area contributed by atoms with Gasteiger partial charge in [0.25, 0.3) is 0 Å². The molecule has 0 aromatic carbocycles. The monoisotopic (exact) mass is 349 g/mol. The van der Waals surface area contributed by atoms with Crippen LogP contribution in [-0.4, -0.2) is 22.3 Å². The third kappa shape index (κ3) is 4.37. The van der Waals surface area contributed by atoms with Gasteiger partial charge in [-0.1, -0.05) is 6.08 Å². The average molecular weight is 349 g/mol. The van der Waals surface area contributed by atoms with Crippen molar-refractivity contribution in [1.82, 2.24) is 15.1 Å². The van der Waals surface area contributed by atoms with Crippen LogP contribution in [0.2, 0.25) is 0 Å². The molecule has 1 rings (SSSR count). The van der Waals surface area contributed by atoms with Gasteiger partial charge in [0.2, 0.25) is 0 Å². The zero-order chi connectivity index (χ0) is 12.1. The van der Waals surface area contributed by atoms with Crippen LogP contribution < -0.4 is 11.1 Å². The molecule has 0 aliphatic carbocycles. The molecule has 5 nitrogen and oxygen atoms in total. The van der Waals surface area contributed by atoms with E-state index >= 15 is 0 Å². The van der Waals surface area contributed by atoms with E-state index in [0.29, 0.717) is 19.0 Å². The zero-order valence-corrected chi connectivity index (χ0v) is 12.9. The lowest BCUT2D eigenvalue weighted by Crippen LogP contribution is -2.31. The smallest absolute Gasteiger partial charge is 0.189 e. The van der Waals surface area contributed by atoms with Crippen LogP contribution in [0.25, 0.3) is 0 Å². The minimum atomic E-state index is 0. The van der Waals surface area contributed by atoms with Crippen molar-refractivity contribution in [1.29, 1.82) is 0 Å². The van der Waals surface area contributed by atoms with Gasteiger partial charge in [0.1, 0.15) is 0 Å².